The third-order valence-electron chi connectivity index (χ3n) is 8.62. The van der Waals surface area contributed by atoms with E-state index < -0.39 is 36.0 Å². The highest BCUT2D eigenvalue weighted by molar-refractivity contribution is 6.30. The van der Waals surface area contributed by atoms with Gasteiger partial charge in [0.15, 0.2) is 18.0 Å². The first-order valence-electron chi connectivity index (χ1n) is 17.0. The highest BCUT2D eigenvalue weighted by Gasteiger charge is 2.66. The van der Waals surface area contributed by atoms with Crippen molar-refractivity contribution in [1.82, 2.24) is 4.90 Å². The van der Waals surface area contributed by atoms with Gasteiger partial charge in [-0.15, -0.1) is 0 Å². The SMILES string of the molecule is CCCCCCCCCCCCOC[C@@]12O[C@@H](CCCN3CCOCC3)[C@@H](OC(=O)Nc3ccc(Cl)cc3)[C@@H]1OC(C)(C)O2. The van der Waals surface area contributed by atoms with Gasteiger partial charge in [-0.05, 0) is 63.9 Å². The maximum absolute atomic E-state index is 13.1. The van der Waals surface area contributed by atoms with Crippen LogP contribution in [0.1, 0.15) is 97.8 Å². The lowest BCUT2D eigenvalue weighted by atomic mass is 10.0. The Hall–Kier alpha value is -1.46. The van der Waals surface area contributed by atoms with Crippen LogP contribution in [-0.2, 0) is 28.4 Å². The Labute approximate surface area is 269 Å². The predicted molar refractivity (Wildman–Crippen MR) is 172 cm³/mol. The summed E-state index contributed by atoms with van der Waals surface area (Å²) in [6.07, 6.45) is 12.0. The van der Waals surface area contributed by atoms with Crippen molar-refractivity contribution in [1.29, 1.82) is 0 Å². The number of benzene rings is 1. The van der Waals surface area contributed by atoms with Crippen LogP contribution in [0.15, 0.2) is 24.3 Å². The molecule has 0 saturated carbocycles. The summed E-state index contributed by atoms with van der Waals surface area (Å²) in [4.78, 5) is 15.5. The number of halogens is 1. The van der Waals surface area contributed by atoms with Crippen molar-refractivity contribution >= 4 is 23.4 Å². The number of carbonyl (C=O) groups is 1. The third-order valence-corrected chi connectivity index (χ3v) is 8.88. The number of morpholine rings is 1. The molecule has 4 atom stereocenters. The molecule has 0 radical (unpaired) electrons. The molecule has 1 N–H and O–H groups in total. The van der Waals surface area contributed by atoms with Crippen LogP contribution in [0.25, 0.3) is 0 Å². The van der Waals surface area contributed by atoms with Gasteiger partial charge in [-0.2, -0.15) is 0 Å². The number of unbranched alkanes of at least 4 members (excludes halogenated alkanes) is 9. The lowest BCUT2D eigenvalue weighted by molar-refractivity contribution is -0.278. The number of rotatable bonds is 19. The standard InChI is InChI=1S/C34H55ClN2O7/c1-4-5-6-7-8-9-10-11-12-13-23-40-26-34-31(43-33(2,3)44-34)30(41-32(38)36-28-18-16-27(35)17-19-28)29(42-34)15-14-20-37-21-24-39-25-22-37/h16-19,29-31H,4-15,20-26H2,1-3H3,(H,36,38)/t29-,30+,31-,34-/m0/s1. The lowest BCUT2D eigenvalue weighted by Gasteiger charge is -2.29. The summed E-state index contributed by atoms with van der Waals surface area (Å²) in [5, 5.41) is 3.40. The molecule has 3 aliphatic rings. The van der Waals surface area contributed by atoms with E-state index in [0.29, 0.717) is 23.7 Å². The van der Waals surface area contributed by atoms with E-state index in [0.717, 1.165) is 52.1 Å². The number of amides is 1. The van der Waals surface area contributed by atoms with Crippen LogP contribution in [0, 0.1) is 0 Å². The maximum atomic E-state index is 13.1. The maximum Gasteiger partial charge on any atom is 0.412 e. The Kier molecular flexibility index (Phi) is 14.5. The zero-order valence-electron chi connectivity index (χ0n) is 27.2. The van der Waals surface area contributed by atoms with Crippen LogP contribution in [0.4, 0.5) is 10.5 Å². The fourth-order valence-corrected chi connectivity index (χ4v) is 6.50. The van der Waals surface area contributed by atoms with Crippen LogP contribution in [0.2, 0.25) is 5.02 Å². The number of nitrogens with one attached hydrogen (secondary N) is 1. The highest BCUT2D eigenvalue weighted by Crippen LogP contribution is 2.47. The van der Waals surface area contributed by atoms with Crippen LogP contribution >= 0.6 is 11.6 Å². The number of ether oxygens (including phenoxy) is 6. The van der Waals surface area contributed by atoms with Crippen molar-refractivity contribution in [2.75, 3.05) is 51.4 Å². The molecule has 1 amide bonds. The molecule has 1 aromatic carbocycles. The van der Waals surface area contributed by atoms with Crippen molar-refractivity contribution in [2.24, 2.45) is 0 Å². The summed E-state index contributed by atoms with van der Waals surface area (Å²) in [6.45, 7) is 11.1. The molecule has 44 heavy (non-hydrogen) atoms. The van der Waals surface area contributed by atoms with E-state index in [4.69, 9.17) is 40.0 Å². The smallest absolute Gasteiger partial charge is 0.412 e. The van der Waals surface area contributed by atoms with Crippen molar-refractivity contribution in [3.05, 3.63) is 29.3 Å². The quantitative estimate of drug-likeness (QED) is 0.155. The zero-order valence-corrected chi connectivity index (χ0v) is 27.9. The predicted octanol–water partition coefficient (Wildman–Crippen LogP) is 7.55. The average molecular weight is 639 g/mol. The topological polar surface area (TPSA) is 87.7 Å². The molecule has 0 aromatic heterocycles. The summed E-state index contributed by atoms with van der Waals surface area (Å²) in [7, 11) is 0. The minimum Gasteiger partial charge on any atom is -0.440 e. The Morgan fingerprint density at radius 2 is 1.61 bits per heavy atom. The number of nitrogens with zero attached hydrogens (tertiary/aromatic N) is 1. The van der Waals surface area contributed by atoms with Crippen molar-refractivity contribution in [3.63, 3.8) is 0 Å². The van der Waals surface area contributed by atoms with Gasteiger partial charge in [0, 0.05) is 30.4 Å². The molecule has 4 rings (SSSR count). The number of fused-ring (bicyclic) bond motifs is 1. The van der Waals surface area contributed by atoms with Gasteiger partial charge >= 0.3 is 6.09 Å². The van der Waals surface area contributed by atoms with E-state index >= 15 is 0 Å². The van der Waals surface area contributed by atoms with E-state index in [1.54, 1.807) is 24.3 Å². The summed E-state index contributed by atoms with van der Waals surface area (Å²) >= 11 is 6.01. The molecule has 0 aliphatic carbocycles. The second-order valence-electron chi connectivity index (χ2n) is 12.8. The van der Waals surface area contributed by atoms with E-state index in [-0.39, 0.29) is 6.61 Å². The first kappa shape index (κ1) is 35.4. The molecule has 10 heteroatoms. The molecule has 250 valence electrons. The van der Waals surface area contributed by atoms with Crippen molar-refractivity contribution in [3.8, 4) is 0 Å². The molecule has 3 saturated heterocycles. The number of carbonyl (C=O) groups excluding carboxylic acids is 1. The Bertz CT molecular complexity index is 975. The minimum atomic E-state index is -1.14. The van der Waals surface area contributed by atoms with Gasteiger partial charge in [0.05, 0.1) is 13.2 Å². The molecule has 0 spiro atoms. The number of anilines is 1. The second kappa shape index (κ2) is 18.0. The molecule has 3 heterocycles. The molecule has 3 fully saturated rings. The van der Waals surface area contributed by atoms with E-state index in [1.807, 2.05) is 13.8 Å². The van der Waals surface area contributed by atoms with E-state index in [2.05, 4.69) is 17.1 Å². The zero-order chi connectivity index (χ0) is 31.3. The summed E-state index contributed by atoms with van der Waals surface area (Å²) < 4.78 is 37.1. The largest absolute Gasteiger partial charge is 0.440 e. The van der Waals surface area contributed by atoms with Crippen molar-refractivity contribution < 1.29 is 33.2 Å². The third kappa shape index (κ3) is 11.1. The molecular formula is C34H55ClN2O7. The Balaban J connectivity index is 1.30. The molecule has 1 aromatic rings. The normalized spacial score (nSPS) is 26.5. The summed E-state index contributed by atoms with van der Waals surface area (Å²) in [5.74, 6) is -2.05. The van der Waals surface area contributed by atoms with Crippen LogP contribution in [-0.4, -0.2) is 86.9 Å². The summed E-state index contributed by atoms with van der Waals surface area (Å²) in [6, 6.07) is 6.91. The van der Waals surface area contributed by atoms with Gasteiger partial charge in [-0.3, -0.25) is 10.2 Å². The summed E-state index contributed by atoms with van der Waals surface area (Å²) in [5.41, 5.74) is 0.595. The average Bonchev–Trinajstić information content (AvgIpc) is 3.41. The van der Waals surface area contributed by atoms with Gasteiger partial charge in [-0.1, -0.05) is 76.3 Å². The van der Waals surface area contributed by atoms with Gasteiger partial charge in [0.1, 0.15) is 12.7 Å². The number of hydrogen-bond acceptors (Lipinski definition) is 8. The van der Waals surface area contributed by atoms with Crippen LogP contribution < -0.4 is 5.32 Å². The second-order valence-corrected chi connectivity index (χ2v) is 13.3. The van der Waals surface area contributed by atoms with Gasteiger partial charge < -0.3 is 28.4 Å². The Morgan fingerprint density at radius 3 is 2.30 bits per heavy atom. The van der Waals surface area contributed by atoms with Gasteiger partial charge in [0.25, 0.3) is 0 Å². The number of hydrogen-bond donors (Lipinski definition) is 1. The minimum absolute atomic E-state index is 0.219. The van der Waals surface area contributed by atoms with Crippen LogP contribution in [0.3, 0.4) is 0 Å². The Morgan fingerprint density at radius 1 is 0.955 bits per heavy atom. The first-order chi connectivity index (χ1) is 21.3. The molecule has 0 bridgehead atoms. The lowest BCUT2D eigenvalue weighted by Crippen LogP contribution is -2.46. The first-order valence-corrected chi connectivity index (χ1v) is 17.3. The van der Waals surface area contributed by atoms with Crippen molar-refractivity contribution in [2.45, 2.75) is 128 Å². The van der Waals surface area contributed by atoms with E-state index in [9.17, 15) is 4.79 Å². The van der Waals surface area contributed by atoms with Gasteiger partial charge in [-0.25, -0.2) is 4.79 Å². The van der Waals surface area contributed by atoms with Gasteiger partial charge in [0.2, 0.25) is 5.79 Å². The van der Waals surface area contributed by atoms with Crippen LogP contribution in [0.5, 0.6) is 0 Å². The molecule has 0 unspecified atom stereocenters. The molecule has 3 aliphatic heterocycles. The highest BCUT2D eigenvalue weighted by atomic mass is 35.5. The monoisotopic (exact) mass is 638 g/mol. The molecular weight excluding hydrogens is 584 g/mol. The van der Waals surface area contributed by atoms with E-state index in [1.165, 1.54) is 51.4 Å². The fourth-order valence-electron chi connectivity index (χ4n) is 6.38. The molecule has 9 nitrogen and oxygen atoms in total. The fraction of sp³-hybridized carbons (Fsp3) is 0.794.